The van der Waals surface area contributed by atoms with Crippen molar-refractivity contribution < 1.29 is 0 Å². The first-order valence-electron chi connectivity index (χ1n) is 10.2. The first-order valence-corrected chi connectivity index (χ1v) is 10.2. The zero-order valence-corrected chi connectivity index (χ0v) is 15.8. The summed E-state index contributed by atoms with van der Waals surface area (Å²) in [5.74, 6) is 0. The molecule has 22 heavy (non-hydrogen) atoms. The van der Waals surface area contributed by atoms with Gasteiger partial charge in [0, 0.05) is 6.04 Å². The van der Waals surface area contributed by atoms with E-state index in [-0.39, 0.29) is 0 Å². The van der Waals surface area contributed by atoms with E-state index in [1.54, 1.807) is 0 Å². The highest BCUT2D eigenvalue weighted by Crippen LogP contribution is 2.09. The molecule has 0 aromatic heterocycles. The molecule has 0 fully saturated rings. The van der Waals surface area contributed by atoms with Gasteiger partial charge >= 0.3 is 0 Å². The van der Waals surface area contributed by atoms with Gasteiger partial charge in [-0.3, -0.25) is 0 Å². The lowest BCUT2D eigenvalue weighted by atomic mass is 10.1. The van der Waals surface area contributed by atoms with Crippen LogP contribution in [0.5, 0.6) is 0 Å². The summed E-state index contributed by atoms with van der Waals surface area (Å²) < 4.78 is 0. The van der Waals surface area contributed by atoms with E-state index in [9.17, 15) is 0 Å². The molecule has 1 N–H and O–H groups in total. The van der Waals surface area contributed by atoms with E-state index in [0.717, 1.165) is 0 Å². The molecule has 132 valence electrons. The second-order valence-electron chi connectivity index (χ2n) is 7.05. The Kier molecular flexibility index (Phi) is 18.5. The van der Waals surface area contributed by atoms with Gasteiger partial charge in [0.15, 0.2) is 0 Å². The smallest absolute Gasteiger partial charge is 0.00103 e. The molecule has 0 aliphatic rings. The van der Waals surface area contributed by atoms with Gasteiger partial charge in [-0.1, -0.05) is 90.7 Å². The van der Waals surface area contributed by atoms with Crippen LogP contribution < -0.4 is 5.32 Å². The highest BCUT2D eigenvalue weighted by molar-refractivity contribution is 4.81. The summed E-state index contributed by atoms with van der Waals surface area (Å²) >= 11 is 0. The number of rotatable bonds is 17. The number of allylic oxidation sites excluding steroid dienone is 2. The van der Waals surface area contributed by atoms with E-state index in [0.29, 0.717) is 6.04 Å². The van der Waals surface area contributed by atoms with Gasteiger partial charge in [0.1, 0.15) is 0 Å². The fourth-order valence-corrected chi connectivity index (χ4v) is 2.76. The molecule has 0 aliphatic carbocycles. The minimum Gasteiger partial charge on any atom is -0.315 e. The quantitative estimate of drug-likeness (QED) is 0.225. The predicted octanol–water partition coefficient (Wildman–Crippen LogP) is 7.02. The van der Waals surface area contributed by atoms with Crippen LogP contribution in [-0.4, -0.2) is 12.6 Å². The maximum absolute atomic E-state index is 3.49. The third-order valence-corrected chi connectivity index (χ3v) is 4.24. The molecule has 0 heterocycles. The Morgan fingerprint density at radius 1 is 0.636 bits per heavy atom. The highest BCUT2D eigenvalue weighted by Gasteiger charge is 1.93. The van der Waals surface area contributed by atoms with Gasteiger partial charge < -0.3 is 5.32 Å². The van der Waals surface area contributed by atoms with Crippen LogP contribution >= 0.6 is 0 Å². The molecule has 1 heteroatoms. The van der Waals surface area contributed by atoms with Crippen molar-refractivity contribution in [2.24, 2.45) is 0 Å². The summed E-state index contributed by atoms with van der Waals surface area (Å²) in [6, 6.07) is 0.642. The molecule has 0 rings (SSSR count). The minimum absolute atomic E-state index is 0.642. The Morgan fingerprint density at radius 3 is 1.59 bits per heavy atom. The third kappa shape index (κ3) is 19.7. The van der Waals surface area contributed by atoms with E-state index in [2.05, 4.69) is 38.2 Å². The molecule has 1 nitrogen and oxygen atoms in total. The lowest BCUT2D eigenvalue weighted by molar-refractivity contribution is 0.533. The Bertz CT molecular complexity index is 220. The average Bonchev–Trinajstić information content (AvgIpc) is 2.50. The Hall–Kier alpha value is -0.300. The van der Waals surface area contributed by atoms with Crippen molar-refractivity contribution in [3.63, 3.8) is 0 Å². The first kappa shape index (κ1) is 21.7. The van der Waals surface area contributed by atoms with Crippen LogP contribution in [0.3, 0.4) is 0 Å². The van der Waals surface area contributed by atoms with Crippen LogP contribution in [0.2, 0.25) is 0 Å². The lowest BCUT2D eigenvalue weighted by Gasteiger charge is -2.07. The fourth-order valence-electron chi connectivity index (χ4n) is 2.76. The second-order valence-corrected chi connectivity index (χ2v) is 7.05. The van der Waals surface area contributed by atoms with E-state index in [1.807, 2.05) is 0 Å². The van der Waals surface area contributed by atoms with Gasteiger partial charge in [-0.15, -0.1) is 0 Å². The number of unbranched alkanes of at least 4 members (excludes halogenated alkanes) is 12. The first-order chi connectivity index (χ1) is 10.8. The highest BCUT2D eigenvalue weighted by atomic mass is 14.9. The van der Waals surface area contributed by atoms with Crippen LogP contribution in [0.4, 0.5) is 0 Å². The van der Waals surface area contributed by atoms with Gasteiger partial charge in [-0.05, 0) is 38.6 Å². The molecular formula is C21H43N. The molecule has 0 unspecified atom stereocenters. The molecule has 0 radical (unpaired) electrons. The van der Waals surface area contributed by atoms with Crippen molar-refractivity contribution in [3.05, 3.63) is 12.2 Å². The molecule has 0 atom stereocenters. The average molecular weight is 310 g/mol. The van der Waals surface area contributed by atoms with Crippen LogP contribution in [-0.2, 0) is 0 Å². The zero-order chi connectivity index (χ0) is 16.3. The summed E-state index contributed by atoms with van der Waals surface area (Å²) in [5.41, 5.74) is 0. The van der Waals surface area contributed by atoms with Crippen molar-refractivity contribution in [3.8, 4) is 0 Å². The number of hydrogen-bond donors (Lipinski definition) is 1. The van der Waals surface area contributed by atoms with Gasteiger partial charge in [0.2, 0.25) is 0 Å². The Labute approximate surface area is 141 Å². The normalized spacial score (nSPS) is 11.8. The SMILES string of the molecule is CCCCCCCCC=CCCCCCCCCNC(C)C. The predicted molar refractivity (Wildman–Crippen MR) is 103 cm³/mol. The second kappa shape index (κ2) is 18.7. The molecule has 0 amide bonds. The molecule has 0 saturated carbocycles. The lowest BCUT2D eigenvalue weighted by Crippen LogP contribution is -2.23. The summed E-state index contributed by atoms with van der Waals surface area (Å²) in [4.78, 5) is 0. The summed E-state index contributed by atoms with van der Waals surface area (Å²) in [5, 5.41) is 3.49. The maximum Gasteiger partial charge on any atom is 0.00103 e. The maximum atomic E-state index is 3.49. The Morgan fingerprint density at radius 2 is 1.09 bits per heavy atom. The van der Waals surface area contributed by atoms with Crippen LogP contribution in [0, 0.1) is 0 Å². The molecule has 0 bridgehead atoms. The topological polar surface area (TPSA) is 12.0 Å². The molecular weight excluding hydrogens is 266 g/mol. The van der Waals surface area contributed by atoms with E-state index in [1.165, 1.54) is 96.4 Å². The molecule has 0 aromatic rings. The molecule has 0 aromatic carbocycles. The fraction of sp³-hybridized carbons (Fsp3) is 0.905. The van der Waals surface area contributed by atoms with E-state index in [4.69, 9.17) is 0 Å². The third-order valence-electron chi connectivity index (χ3n) is 4.24. The standard InChI is InChI=1S/C21H43N/c1-4-5-6-7-8-9-10-11-12-13-14-15-16-17-18-19-20-22-21(2)3/h11-12,21-22H,4-10,13-20H2,1-3H3. The van der Waals surface area contributed by atoms with E-state index < -0.39 is 0 Å². The van der Waals surface area contributed by atoms with Crippen molar-refractivity contribution in [2.45, 2.75) is 117 Å². The summed E-state index contributed by atoms with van der Waals surface area (Å²) in [7, 11) is 0. The van der Waals surface area contributed by atoms with Gasteiger partial charge in [0.05, 0.1) is 0 Å². The van der Waals surface area contributed by atoms with Crippen molar-refractivity contribution >= 4 is 0 Å². The van der Waals surface area contributed by atoms with Crippen LogP contribution in [0.25, 0.3) is 0 Å². The van der Waals surface area contributed by atoms with Crippen molar-refractivity contribution in [1.29, 1.82) is 0 Å². The van der Waals surface area contributed by atoms with Crippen LogP contribution in [0.1, 0.15) is 111 Å². The Balaban J connectivity index is 3.05. The molecule has 0 aliphatic heterocycles. The van der Waals surface area contributed by atoms with Crippen molar-refractivity contribution in [2.75, 3.05) is 6.54 Å². The van der Waals surface area contributed by atoms with Gasteiger partial charge in [0.25, 0.3) is 0 Å². The zero-order valence-electron chi connectivity index (χ0n) is 15.8. The van der Waals surface area contributed by atoms with E-state index >= 15 is 0 Å². The largest absolute Gasteiger partial charge is 0.315 e. The summed E-state index contributed by atoms with van der Waals surface area (Å²) in [6.45, 7) is 7.92. The van der Waals surface area contributed by atoms with Crippen molar-refractivity contribution in [1.82, 2.24) is 5.32 Å². The molecule has 0 spiro atoms. The molecule has 0 saturated heterocycles. The number of hydrogen-bond acceptors (Lipinski definition) is 1. The number of nitrogens with one attached hydrogen (secondary N) is 1. The van der Waals surface area contributed by atoms with Crippen LogP contribution in [0.15, 0.2) is 12.2 Å². The summed E-state index contributed by atoms with van der Waals surface area (Å²) in [6.07, 6.45) is 24.3. The van der Waals surface area contributed by atoms with Gasteiger partial charge in [-0.25, -0.2) is 0 Å². The monoisotopic (exact) mass is 309 g/mol. The van der Waals surface area contributed by atoms with Gasteiger partial charge in [-0.2, -0.15) is 0 Å². The minimum atomic E-state index is 0.642.